The Hall–Kier alpha value is -2.29. The molecule has 1 aliphatic heterocycles. The van der Waals surface area contributed by atoms with Gasteiger partial charge in [-0.1, -0.05) is 17.7 Å². The Labute approximate surface area is 156 Å². The maximum Gasteiger partial charge on any atom is 0.289 e. The van der Waals surface area contributed by atoms with Gasteiger partial charge in [-0.3, -0.25) is 9.20 Å². The van der Waals surface area contributed by atoms with Gasteiger partial charge in [-0.25, -0.2) is 9.98 Å². The summed E-state index contributed by atoms with van der Waals surface area (Å²) in [4.78, 5) is 22.2. The van der Waals surface area contributed by atoms with E-state index in [1.807, 2.05) is 40.3 Å². The summed E-state index contributed by atoms with van der Waals surface area (Å²) in [5.41, 5.74) is 1.40. The highest BCUT2D eigenvalue weighted by molar-refractivity contribution is 8.18. The van der Waals surface area contributed by atoms with E-state index in [9.17, 15) is 4.79 Å². The zero-order chi connectivity index (χ0) is 17.4. The van der Waals surface area contributed by atoms with Crippen LogP contribution in [0.5, 0.6) is 5.75 Å². The van der Waals surface area contributed by atoms with E-state index in [1.54, 1.807) is 13.2 Å². The Kier molecular flexibility index (Phi) is 4.24. The minimum absolute atomic E-state index is 0.185. The van der Waals surface area contributed by atoms with Gasteiger partial charge in [0.25, 0.3) is 5.24 Å². The van der Waals surface area contributed by atoms with Crippen LogP contribution >= 0.6 is 34.7 Å². The molecule has 3 heterocycles. The number of carbonyl (C=O) groups excluding carboxylic acids is 1. The third-order valence-corrected chi connectivity index (χ3v) is 5.33. The van der Waals surface area contributed by atoms with Gasteiger partial charge in [-0.05, 0) is 30.0 Å². The second-order valence-corrected chi connectivity index (χ2v) is 7.27. The molecular formula is C16H11ClN4O2S2. The molecular weight excluding hydrogens is 380 g/mol. The minimum atomic E-state index is -0.185. The zero-order valence-electron chi connectivity index (χ0n) is 12.9. The molecule has 9 heteroatoms. The summed E-state index contributed by atoms with van der Waals surface area (Å²) < 4.78 is 7.08. The van der Waals surface area contributed by atoms with E-state index in [1.165, 1.54) is 11.3 Å². The second-order valence-electron chi connectivity index (χ2n) is 5.03. The van der Waals surface area contributed by atoms with Crippen LogP contribution in [-0.4, -0.2) is 27.6 Å². The van der Waals surface area contributed by atoms with Crippen LogP contribution in [0.2, 0.25) is 5.15 Å². The van der Waals surface area contributed by atoms with Crippen molar-refractivity contribution in [3.05, 3.63) is 51.6 Å². The van der Waals surface area contributed by atoms with E-state index in [-0.39, 0.29) is 5.24 Å². The maximum absolute atomic E-state index is 11.9. The van der Waals surface area contributed by atoms with E-state index in [4.69, 9.17) is 16.3 Å². The molecule has 1 amide bonds. The van der Waals surface area contributed by atoms with Gasteiger partial charge in [0.15, 0.2) is 10.1 Å². The van der Waals surface area contributed by atoms with Crippen molar-refractivity contribution < 1.29 is 9.53 Å². The molecule has 4 rings (SSSR count). The summed E-state index contributed by atoms with van der Waals surface area (Å²) in [6.45, 7) is 0. The molecule has 25 heavy (non-hydrogen) atoms. The monoisotopic (exact) mass is 390 g/mol. The number of carbonyl (C=O) groups is 1. The first-order valence-electron chi connectivity index (χ1n) is 7.19. The molecule has 3 aromatic rings. The molecule has 0 radical (unpaired) electrons. The van der Waals surface area contributed by atoms with Crippen molar-refractivity contribution in [2.24, 2.45) is 4.99 Å². The van der Waals surface area contributed by atoms with Crippen LogP contribution in [0.4, 0.5) is 10.5 Å². The number of aromatic nitrogens is 2. The highest BCUT2D eigenvalue weighted by atomic mass is 35.5. The number of amides is 1. The first-order valence-corrected chi connectivity index (χ1v) is 9.26. The average Bonchev–Trinajstić information content (AvgIpc) is 3.25. The number of aliphatic imine (C=N–C) groups is 1. The lowest BCUT2D eigenvalue weighted by molar-refractivity contribution is 0.265. The van der Waals surface area contributed by atoms with E-state index in [0.717, 1.165) is 22.4 Å². The Morgan fingerprint density at radius 2 is 2.32 bits per heavy atom. The number of ether oxygens (including phenoxy) is 1. The Morgan fingerprint density at radius 1 is 1.44 bits per heavy atom. The molecule has 0 atom stereocenters. The number of halogens is 1. The average molecular weight is 391 g/mol. The molecule has 1 aliphatic rings. The fraction of sp³-hybridized carbons (Fsp3) is 0.0625. The largest absolute Gasteiger partial charge is 0.497 e. The van der Waals surface area contributed by atoms with Crippen molar-refractivity contribution in [3.8, 4) is 5.75 Å². The fourth-order valence-corrected chi connectivity index (χ4v) is 4.06. The molecule has 126 valence electrons. The van der Waals surface area contributed by atoms with E-state index < -0.39 is 0 Å². The molecule has 1 saturated heterocycles. The van der Waals surface area contributed by atoms with Crippen molar-refractivity contribution >= 4 is 62.5 Å². The Bertz CT molecular complexity index is 1040. The number of hydrogen-bond acceptors (Lipinski definition) is 6. The number of imidazole rings is 1. The predicted molar refractivity (Wildman–Crippen MR) is 102 cm³/mol. The number of nitrogens with zero attached hydrogens (tertiary/aromatic N) is 3. The summed E-state index contributed by atoms with van der Waals surface area (Å²) in [6.07, 6.45) is 3.70. The Balaban J connectivity index is 1.77. The molecule has 0 bridgehead atoms. The van der Waals surface area contributed by atoms with Crippen LogP contribution in [0.1, 0.15) is 5.69 Å². The normalized spacial score (nSPS) is 17.6. The van der Waals surface area contributed by atoms with Gasteiger partial charge in [0.2, 0.25) is 0 Å². The van der Waals surface area contributed by atoms with Gasteiger partial charge in [0.05, 0.1) is 23.4 Å². The smallest absolute Gasteiger partial charge is 0.289 e. The number of nitrogens with one attached hydrogen (secondary N) is 1. The molecule has 6 nitrogen and oxygen atoms in total. The molecule has 1 aromatic carbocycles. The third kappa shape index (κ3) is 3.15. The van der Waals surface area contributed by atoms with Crippen LogP contribution in [-0.2, 0) is 0 Å². The Morgan fingerprint density at radius 3 is 3.16 bits per heavy atom. The molecule has 2 aromatic heterocycles. The van der Waals surface area contributed by atoms with Gasteiger partial charge in [-0.2, -0.15) is 0 Å². The zero-order valence-corrected chi connectivity index (χ0v) is 15.3. The van der Waals surface area contributed by atoms with Crippen molar-refractivity contribution in [3.63, 3.8) is 0 Å². The second kappa shape index (κ2) is 6.55. The topological polar surface area (TPSA) is 68.0 Å². The summed E-state index contributed by atoms with van der Waals surface area (Å²) in [7, 11) is 1.60. The minimum Gasteiger partial charge on any atom is -0.497 e. The summed E-state index contributed by atoms with van der Waals surface area (Å²) in [6, 6.07) is 7.31. The summed E-state index contributed by atoms with van der Waals surface area (Å²) in [5.74, 6) is 1.17. The number of thioether (sulfide) groups is 1. The van der Waals surface area contributed by atoms with Crippen molar-refractivity contribution in [1.29, 1.82) is 0 Å². The number of benzene rings is 1. The maximum atomic E-state index is 11.9. The first kappa shape index (κ1) is 16.2. The summed E-state index contributed by atoms with van der Waals surface area (Å²) >= 11 is 8.80. The van der Waals surface area contributed by atoms with Crippen molar-refractivity contribution in [1.82, 2.24) is 14.7 Å². The van der Waals surface area contributed by atoms with E-state index in [0.29, 0.717) is 27.3 Å². The van der Waals surface area contributed by atoms with Crippen LogP contribution < -0.4 is 10.1 Å². The lowest BCUT2D eigenvalue weighted by Gasteiger charge is -2.02. The number of methoxy groups -OCH3 is 1. The molecule has 0 aliphatic carbocycles. The molecule has 0 spiro atoms. The highest BCUT2D eigenvalue weighted by Gasteiger charge is 2.25. The van der Waals surface area contributed by atoms with Crippen LogP contribution in [0, 0.1) is 0 Å². The van der Waals surface area contributed by atoms with Crippen LogP contribution in [0.25, 0.3) is 11.0 Å². The molecule has 1 fully saturated rings. The van der Waals surface area contributed by atoms with Gasteiger partial charge in [-0.15, -0.1) is 11.3 Å². The van der Waals surface area contributed by atoms with E-state index in [2.05, 4.69) is 15.3 Å². The molecule has 0 unspecified atom stereocenters. The highest BCUT2D eigenvalue weighted by Crippen LogP contribution is 2.31. The number of rotatable bonds is 3. The quantitative estimate of drug-likeness (QED) is 0.710. The number of thiazole rings is 1. The summed E-state index contributed by atoms with van der Waals surface area (Å²) in [5, 5.41) is 4.89. The van der Waals surface area contributed by atoms with E-state index >= 15 is 0 Å². The standard InChI is InChI=1S/C16H11ClN4O2S2/c1-23-10-4-2-3-9(7-10)18-14-12(25-16(22)20-14)8-11-13(17)19-15-21(11)5-6-24-15/h2-8H,1H3,(H,18,20,22)/b12-8-. The lowest BCUT2D eigenvalue weighted by atomic mass is 10.3. The van der Waals surface area contributed by atoms with Gasteiger partial charge < -0.3 is 10.1 Å². The van der Waals surface area contributed by atoms with Gasteiger partial charge in [0.1, 0.15) is 11.6 Å². The molecule has 1 N–H and O–H groups in total. The van der Waals surface area contributed by atoms with Crippen LogP contribution in [0.15, 0.2) is 45.7 Å². The number of hydrogen-bond donors (Lipinski definition) is 1. The predicted octanol–water partition coefficient (Wildman–Crippen LogP) is 4.59. The fourth-order valence-electron chi connectivity index (χ4n) is 2.35. The van der Waals surface area contributed by atoms with Gasteiger partial charge >= 0.3 is 0 Å². The lowest BCUT2D eigenvalue weighted by Crippen LogP contribution is -2.18. The molecule has 0 saturated carbocycles. The first-order chi connectivity index (χ1) is 12.1. The van der Waals surface area contributed by atoms with Gasteiger partial charge in [0, 0.05) is 17.6 Å². The SMILES string of the molecule is COc1cccc(N=C2NC(=O)S/C2=C\c2c(Cl)nc3sccn23)c1. The third-order valence-electron chi connectivity index (χ3n) is 3.47. The van der Waals surface area contributed by atoms with Crippen molar-refractivity contribution in [2.45, 2.75) is 0 Å². The number of fused-ring (bicyclic) bond motifs is 1. The van der Waals surface area contributed by atoms with Crippen molar-refractivity contribution in [2.75, 3.05) is 7.11 Å². The van der Waals surface area contributed by atoms with Crippen LogP contribution in [0.3, 0.4) is 0 Å². The number of amidine groups is 1.